The van der Waals surface area contributed by atoms with E-state index in [1.807, 2.05) is 11.3 Å². The Hall–Kier alpha value is -8.18. The summed E-state index contributed by atoms with van der Waals surface area (Å²) in [5.74, 6) is 0. The number of anilines is 4. The average molecular weight is 836 g/mol. The van der Waals surface area contributed by atoms with Crippen LogP contribution in [0.15, 0.2) is 237 Å². The molecular weight excluding hydrogens is 795 g/mol. The number of fused-ring (bicyclic) bond motifs is 8. The highest BCUT2D eigenvalue weighted by atomic mass is 32.1. The Morgan fingerprint density at radius 2 is 1.12 bits per heavy atom. The second-order valence-electron chi connectivity index (χ2n) is 16.3. The van der Waals surface area contributed by atoms with Crippen LogP contribution in [0.25, 0.3) is 86.6 Å². The van der Waals surface area contributed by atoms with Gasteiger partial charge in [0.1, 0.15) is 0 Å². The van der Waals surface area contributed by atoms with Gasteiger partial charge in [0.05, 0.1) is 16.7 Å². The van der Waals surface area contributed by atoms with Crippen LogP contribution in [-0.2, 0) is 0 Å². The Morgan fingerprint density at radius 3 is 1.98 bits per heavy atom. The lowest BCUT2D eigenvalue weighted by atomic mass is 9.96. The minimum atomic E-state index is 1.01. The maximum atomic E-state index is 4.54. The Balaban J connectivity index is 0.868. The number of thiophene rings is 1. The number of allylic oxidation sites excluding steroid dienone is 4. The lowest BCUT2D eigenvalue weighted by Gasteiger charge is -2.25. The van der Waals surface area contributed by atoms with Crippen molar-refractivity contribution >= 4 is 81.6 Å². The number of aromatic nitrogens is 1. The third-order valence-corrected chi connectivity index (χ3v) is 13.7. The molecular formula is C60H41N3S. The third kappa shape index (κ3) is 6.51. The minimum absolute atomic E-state index is 1.01. The molecule has 1 aliphatic rings. The van der Waals surface area contributed by atoms with E-state index in [0.717, 1.165) is 50.7 Å². The molecule has 3 nitrogen and oxygen atoms in total. The monoisotopic (exact) mass is 835 g/mol. The fourth-order valence-electron chi connectivity index (χ4n) is 9.46. The zero-order valence-corrected chi connectivity index (χ0v) is 35.8. The zero-order chi connectivity index (χ0) is 42.6. The largest absolute Gasteiger partial charge is 0.355 e. The second-order valence-corrected chi connectivity index (χ2v) is 17.4. The second kappa shape index (κ2) is 15.6. The molecule has 0 saturated carbocycles. The van der Waals surface area contributed by atoms with Crippen molar-refractivity contribution < 1.29 is 0 Å². The molecule has 64 heavy (non-hydrogen) atoms. The summed E-state index contributed by atoms with van der Waals surface area (Å²) in [4.78, 5) is 2.26. The highest BCUT2D eigenvalue weighted by Gasteiger charge is 2.20. The van der Waals surface area contributed by atoms with E-state index in [1.165, 1.54) is 64.2 Å². The standard InChI is InChI=1S/C60H41N3S/c1-40-16-12-13-35-62(47-21-4-2-5-22-47)57-33-31-51-53-39-44(30-34-58(53)64-60(51)59(40)57)42-18-15-20-46(37-42)61-54-27-10-8-25-49(54)45-19-14-17-41(36-45)43-29-32-56-52(38-43)50-26-9-11-28-55(50)63(56)48-23-6-3-7-24-48/h2-39,61H,1H2/b16-12-,35-13-. The number of nitrogens with one attached hydrogen (secondary N) is 1. The topological polar surface area (TPSA) is 20.2 Å². The summed E-state index contributed by atoms with van der Waals surface area (Å²) in [5, 5.41) is 8.81. The maximum Gasteiger partial charge on any atom is 0.0548 e. The summed E-state index contributed by atoms with van der Waals surface area (Å²) in [6, 6.07) is 74.5. The fourth-order valence-corrected chi connectivity index (χ4v) is 10.7. The van der Waals surface area contributed by atoms with E-state index in [2.05, 4.69) is 252 Å². The van der Waals surface area contributed by atoms with E-state index in [-0.39, 0.29) is 0 Å². The number of hydrogen-bond donors (Lipinski definition) is 1. The van der Waals surface area contributed by atoms with Gasteiger partial charge in [0.15, 0.2) is 0 Å². The van der Waals surface area contributed by atoms with Gasteiger partial charge in [0.25, 0.3) is 0 Å². The molecule has 0 unspecified atom stereocenters. The van der Waals surface area contributed by atoms with E-state index >= 15 is 0 Å². The van der Waals surface area contributed by atoms with E-state index in [9.17, 15) is 0 Å². The van der Waals surface area contributed by atoms with Crippen molar-refractivity contribution in [2.24, 2.45) is 0 Å². The van der Waals surface area contributed by atoms with Gasteiger partial charge in [-0.1, -0.05) is 140 Å². The van der Waals surface area contributed by atoms with E-state index in [0.29, 0.717) is 0 Å². The normalized spacial score (nSPS) is 13.6. The van der Waals surface area contributed by atoms with Crippen LogP contribution in [0.4, 0.5) is 22.7 Å². The smallest absolute Gasteiger partial charge is 0.0548 e. The molecule has 0 atom stereocenters. The number of nitrogens with zero attached hydrogens (tertiary/aromatic N) is 2. The van der Waals surface area contributed by atoms with Gasteiger partial charge in [-0.05, 0) is 124 Å². The molecule has 0 fully saturated rings. The van der Waals surface area contributed by atoms with Crippen molar-refractivity contribution in [2.75, 3.05) is 10.2 Å². The summed E-state index contributed by atoms with van der Waals surface area (Å²) in [5.41, 5.74) is 17.1. The molecule has 0 saturated heterocycles. The van der Waals surface area contributed by atoms with E-state index < -0.39 is 0 Å². The van der Waals surface area contributed by atoms with Crippen LogP contribution in [-0.4, -0.2) is 4.57 Å². The van der Waals surface area contributed by atoms with Crippen molar-refractivity contribution in [3.8, 4) is 39.1 Å². The first kappa shape index (κ1) is 37.6. The highest BCUT2D eigenvalue weighted by Crippen LogP contribution is 2.46. The van der Waals surface area contributed by atoms with E-state index in [4.69, 9.17) is 0 Å². The summed E-state index contributed by atoms with van der Waals surface area (Å²) < 4.78 is 4.88. The Kier molecular flexibility index (Phi) is 9.17. The molecule has 302 valence electrons. The molecule has 0 radical (unpaired) electrons. The highest BCUT2D eigenvalue weighted by molar-refractivity contribution is 7.26. The van der Waals surface area contributed by atoms with Crippen LogP contribution < -0.4 is 10.2 Å². The molecule has 9 aromatic carbocycles. The SMILES string of the molecule is C=C1/C=C\C=C/N(c2ccccc2)c2ccc3c(sc4ccc(-c5cccc(Nc6ccccc6-c6cccc(-c7ccc8c(c7)c7ccccc7n8-c7ccccc7)c6)c5)cc43)c21. The van der Waals surface area contributed by atoms with Gasteiger partial charge in [-0.2, -0.15) is 0 Å². The fraction of sp³-hybridized carbons (Fsp3) is 0. The minimum Gasteiger partial charge on any atom is -0.355 e. The van der Waals surface area contributed by atoms with Crippen molar-refractivity contribution in [3.05, 3.63) is 243 Å². The molecule has 0 aliphatic carbocycles. The molecule has 11 aromatic rings. The van der Waals surface area contributed by atoms with Crippen LogP contribution in [0, 0.1) is 0 Å². The number of para-hydroxylation sites is 4. The summed E-state index contributed by atoms with van der Waals surface area (Å²) in [6.07, 6.45) is 8.42. The molecule has 4 heteroatoms. The third-order valence-electron chi connectivity index (χ3n) is 12.5. The maximum absolute atomic E-state index is 4.54. The predicted molar refractivity (Wildman–Crippen MR) is 276 cm³/mol. The van der Waals surface area contributed by atoms with Crippen molar-refractivity contribution in [1.29, 1.82) is 0 Å². The Bertz CT molecular complexity index is 3660. The predicted octanol–water partition coefficient (Wildman–Crippen LogP) is 17.1. The molecule has 3 heterocycles. The van der Waals surface area contributed by atoms with E-state index in [1.54, 1.807) is 0 Å². The van der Waals surface area contributed by atoms with Gasteiger partial charge < -0.3 is 14.8 Å². The van der Waals surface area contributed by atoms with Gasteiger partial charge in [-0.25, -0.2) is 0 Å². The van der Waals surface area contributed by atoms with Crippen molar-refractivity contribution in [2.45, 2.75) is 0 Å². The first-order valence-corrected chi connectivity index (χ1v) is 22.5. The first-order valence-electron chi connectivity index (χ1n) is 21.7. The van der Waals surface area contributed by atoms with Crippen LogP contribution in [0.5, 0.6) is 0 Å². The average Bonchev–Trinajstić information content (AvgIpc) is 3.89. The van der Waals surface area contributed by atoms with Crippen LogP contribution >= 0.6 is 11.3 Å². The summed E-state index contributed by atoms with van der Waals surface area (Å²) >= 11 is 1.84. The van der Waals surface area contributed by atoms with Crippen LogP contribution in [0.1, 0.15) is 5.56 Å². The summed E-state index contributed by atoms with van der Waals surface area (Å²) in [7, 11) is 0. The molecule has 1 aliphatic heterocycles. The van der Waals surface area contributed by atoms with Crippen LogP contribution in [0.3, 0.4) is 0 Å². The molecule has 0 bridgehead atoms. The van der Waals surface area contributed by atoms with Gasteiger partial charge in [-0.15, -0.1) is 11.3 Å². The quantitative estimate of drug-likeness (QED) is 0.173. The molecule has 1 N–H and O–H groups in total. The molecule has 2 aromatic heterocycles. The van der Waals surface area contributed by atoms with Gasteiger partial charge in [-0.3, -0.25) is 0 Å². The summed E-state index contributed by atoms with van der Waals surface area (Å²) in [6.45, 7) is 4.54. The first-order chi connectivity index (χ1) is 31.6. The van der Waals surface area contributed by atoms with Gasteiger partial charge in [0, 0.05) is 71.0 Å². The molecule has 0 spiro atoms. The zero-order valence-electron chi connectivity index (χ0n) is 34.9. The lowest BCUT2D eigenvalue weighted by molar-refractivity contribution is 1.18. The van der Waals surface area contributed by atoms with Crippen molar-refractivity contribution in [3.63, 3.8) is 0 Å². The number of benzene rings is 9. The number of rotatable bonds is 7. The number of hydrogen-bond acceptors (Lipinski definition) is 3. The Morgan fingerprint density at radius 1 is 0.453 bits per heavy atom. The Labute approximate surface area is 376 Å². The van der Waals surface area contributed by atoms with Crippen LogP contribution in [0.2, 0.25) is 0 Å². The molecule has 12 rings (SSSR count). The van der Waals surface area contributed by atoms with Crippen molar-refractivity contribution in [1.82, 2.24) is 4.57 Å². The molecule has 0 amide bonds. The van der Waals surface area contributed by atoms with Gasteiger partial charge in [0.2, 0.25) is 0 Å². The lowest BCUT2D eigenvalue weighted by Crippen LogP contribution is -2.11. The van der Waals surface area contributed by atoms with Gasteiger partial charge >= 0.3 is 0 Å².